The van der Waals surface area contributed by atoms with Gasteiger partial charge >= 0.3 is 23.9 Å². The number of carbonyl (C=O) groups excluding carboxylic acids is 3. The summed E-state index contributed by atoms with van der Waals surface area (Å²) in [5, 5.41) is 31.5. The van der Waals surface area contributed by atoms with Crippen molar-refractivity contribution in [1.82, 2.24) is 0 Å². The largest absolute Gasteiger partial charge is 0.479 e. The number of aliphatic carboxylic acids is 1. The summed E-state index contributed by atoms with van der Waals surface area (Å²) < 4.78 is 28.3. The van der Waals surface area contributed by atoms with Crippen molar-refractivity contribution in [3.05, 3.63) is 122 Å². The smallest absolute Gasteiger partial charge is 0.335 e. The van der Waals surface area contributed by atoms with Crippen molar-refractivity contribution in [2.45, 2.75) is 250 Å². The van der Waals surface area contributed by atoms with Crippen LogP contribution in [0.1, 0.15) is 213 Å². The van der Waals surface area contributed by atoms with Crippen molar-refractivity contribution >= 4 is 23.9 Å². The number of carbonyl (C=O) groups is 4. The number of carboxylic acids is 1. The van der Waals surface area contributed by atoms with Crippen molar-refractivity contribution in [2.24, 2.45) is 0 Å². The molecule has 12 heteroatoms. The second kappa shape index (κ2) is 51.9. The molecule has 1 aliphatic rings. The fraction of sp³-hybridized carbons (Fsp3) is 0.631. The van der Waals surface area contributed by atoms with E-state index in [1.54, 1.807) is 0 Å². The van der Waals surface area contributed by atoms with E-state index in [4.69, 9.17) is 23.7 Å². The minimum Gasteiger partial charge on any atom is -0.479 e. The van der Waals surface area contributed by atoms with E-state index in [1.807, 2.05) is 6.08 Å². The van der Waals surface area contributed by atoms with Gasteiger partial charge in [0.15, 0.2) is 24.6 Å². The van der Waals surface area contributed by atoms with Gasteiger partial charge in [-0.15, -0.1) is 0 Å². The van der Waals surface area contributed by atoms with E-state index in [0.717, 1.165) is 122 Å². The van der Waals surface area contributed by atoms with Gasteiger partial charge in [0.2, 0.25) is 0 Å². The molecule has 0 aromatic rings. The molecule has 0 amide bonds. The first-order valence-corrected chi connectivity index (χ1v) is 29.5. The van der Waals surface area contributed by atoms with Crippen molar-refractivity contribution in [2.75, 3.05) is 13.2 Å². The third-order valence-corrected chi connectivity index (χ3v) is 12.5. The average molecular weight is 1080 g/mol. The van der Waals surface area contributed by atoms with Gasteiger partial charge in [-0.2, -0.15) is 0 Å². The van der Waals surface area contributed by atoms with Gasteiger partial charge in [-0.25, -0.2) is 4.79 Å². The molecule has 0 radical (unpaired) electrons. The topological polar surface area (TPSA) is 175 Å². The SMILES string of the molecule is CC/C=C\C/C=C\C/C=C\C/C=C\C/C=C\CCCC(=O)OCC(COC1OC(C(=O)O)C(O)C(O)C1OC(=O)CCCCCCC/C=C\CCCCCC)OC(=O)CCCCCC/C=C\C/C=C\C/C=C\C/C=C\CC. The van der Waals surface area contributed by atoms with E-state index in [-0.39, 0.29) is 25.9 Å². The highest BCUT2D eigenvalue weighted by molar-refractivity contribution is 5.74. The van der Waals surface area contributed by atoms with E-state index in [0.29, 0.717) is 25.7 Å². The molecule has 1 aliphatic heterocycles. The Morgan fingerprint density at radius 2 is 0.831 bits per heavy atom. The lowest BCUT2D eigenvalue weighted by Crippen LogP contribution is -2.61. The molecule has 434 valence electrons. The minimum atomic E-state index is -1.92. The second-order valence-electron chi connectivity index (χ2n) is 19.5. The molecule has 1 rings (SSSR count). The molecular formula is C65H102O12. The summed E-state index contributed by atoms with van der Waals surface area (Å²) in [6.45, 7) is 5.66. The Hall–Kier alpha value is -4.88. The van der Waals surface area contributed by atoms with Crippen LogP contribution < -0.4 is 0 Å². The Balaban J connectivity index is 2.77. The predicted octanol–water partition coefficient (Wildman–Crippen LogP) is 15.2. The van der Waals surface area contributed by atoms with E-state index in [9.17, 15) is 34.5 Å². The standard InChI is InChI=1S/C65H102O12/c1-4-7-10-13-16-19-22-25-27-29-31-34-36-39-42-45-48-51-57(66)73-54-56(75-58(67)52-49-46-43-40-38-35-32-30-28-26-23-20-17-14-11-8-5-2)55-74-65-63(61(70)60(69)62(77-65)64(71)72)76-59(68)53-50-47-44-41-37-33-24-21-18-15-12-9-6-3/h7-8,10-11,16-17,19-21,24-28,31-32,34-35,39,42,56,60-63,65,69-70H,4-6,9,12-15,18,22-23,29-30,33,36-38,40-41,43-55H2,1-3H3,(H,71,72)/b10-7-,11-8-,19-16-,20-17-,24-21-,27-25-,28-26-,34-31-,35-32-,42-39-. The van der Waals surface area contributed by atoms with Gasteiger partial charge in [-0.05, 0) is 122 Å². The molecule has 6 unspecified atom stereocenters. The highest BCUT2D eigenvalue weighted by atomic mass is 16.7. The third-order valence-electron chi connectivity index (χ3n) is 12.5. The van der Waals surface area contributed by atoms with Gasteiger partial charge < -0.3 is 39.0 Å². The molecule has 0 aromatic carbocycles. The minimum absolute atomic E-state index is 0.0355. The molecule has 12 nitrogen and oxygen atoms in total. The van der Waals surface area contributed by atoms with Crippen molar-refractivity contribution in [3.63, 3.8) is 0 Å². The number of hydrogen-bond acceptors (Lipinski definition) is 11. The molecule has 1 heterocycles. The molecule has 0 aromatic heterocycles. The molecule has 77 heavy (non-hydrogen) atoms. The Labute approximate surface area is 465 Å². The van der Waals surface area contributed by atoms with Crippen LogP contribution in [0.4, 0.5) is 0 Å². The summed E-state index contributed by atoms with van der Waals surface area (Å²) in [7, 11) is 0. The highest BCUT2D eigenvalue weighted by Crippen LogP contribution is 2.26. The van der Waals surface area contributed by atoms with Crippen LogP contribution in [-0.2, 0) is 42.9 Å². The summed E-state index contributed by atoms with van der Waals surface area (Å²) in [6.07, 6.45) is 58.9. The molecule has 0 bridgehead atoms. The molecule has 1 fully saturated rings. The quantitative estimate of drug-likeness (QED) is 0.0228. The number of allylic oxidation sites excluding steroid dienone is 20. The van der Waals surface area contributed by atoms with E-state index >= 15 is 0 Å². The number of aliphatic hydroxyl groups is 2. The summed E-state index contributed by atoms with van der Waals surface area (Å²) >= 11 is 0. The third kappa shape index (κ3) is 41.8. The highest BCUT2D eigenvalue weighted by Gasteiger charge is 2.50. The summed E-state index contributed by atoms with van der Waals surface area (Å²) in [4.78, 5) is 51.1. The Morgan fingerprint density at radius 3 is 1.30 bits per heavy atom. The lowest BCUT2D eigenvalue weighted by molar-refractivity contribution is -0.301. The zero-order chi connectivity index (χ0) is 56.1. The molecule has 3 N–H and O–H groups in total. The molecule has 1 saturated heterocycles. The van der Waals surface area contributed by atoms with Crippen molar-refractivity contribution in [3.8, 4) is 0 Å². The first-order valence-electron chi connectivity index (χ1n) is 29.5. The van der Waals surface area contributed by atoms with Crippen LogP contribution in [0.2, 0.25) is 0 Å². The first kappa shape index (κ1) is 70.1. The predicted molar refractivity (Wildman–Crippen MR) is 312 cm³/mol. The Bertz CT molecular complexity index is 1800. The molecular weight excluding hydrogens is 973 g/mol. The number of unbranched alkanes of at least 4 members (excludes halogenated alkanes) is 14. The van der Waals surface area contributed by atoms with Crippen LogP contribution in [0.15, 0.2) is 122 Å². The maximum absolute atomic E-state index is 13.2. The number of aliphatic hydroxyl groups excluding tert-OH is 2. The van der Waals surface area contributed by atoms with Crippen LogP contribution >= 0.6 is 0 Å². The summed E-state index contributed by atoms with van der Waals surface area (Å²) in [5.41, 5.74) is 0. The number of hydrogen-bond donors (Lipinski definition) is 3. The van der Waals surface area contributed by atoms with Gasteiger partial charge in [-0.3, -0.25) is 14.4 Å². The van der Waals surface area contributed by atoms with Crippen LogP contribution in [0.5, 0.6) is 0 Å². The van der Waals surface area contributed by atoms with E-state index in [2.05, 4.69) is 136 Å². The first-order chi connectivity index (χ1) is 37.6. The second-order valence-corrected chi connectivity index (χ2v) is 19.5. The van der Waals surface area contributed by atoms with Gasteiger partial charge in [0.25, 0.3) is 0 Å². The zero-order valence-corrected chi connectivity index (χ0v) is 47.7. The fourth-order valence-electron chi connectivity index (χ4n) is 8.03. The molecule has 0 aliphatic carbocycles. The number of ether oxygens (including phenoxy) is 5. The average Bonchev–Trinajstić information content (AvgIpc) is 3.42. The number of esters is 3. The molecule has 0 spiro atoms. The van der Waals surface area contributed by atoms with Crippen LogP contribution in [0, 0.1) is 0 Å². The fourth-order valence-corrected chi connectivity index (χ4v) is 8.03. The number of rotatable bonds is 48. The van der Waals surface area contributed by atoms with Crippen LogP contribution in [0.3, 0.4) is 0 Å². The maximum atomic E-state index is 13.2. The summed E-state index contributed by atoms with van der Waals surface area (Å²) in [6, 6.07) is 0. The monoisotopic (exact) mass is 1070 g/mol. The van der Waals surface area contributed by atoms with Gasteiger partial charge in [0, 0.05) is 19.3 Å². The normalized spacial score (nSPS) is 18.9. The Kier molecular flexibility index (Phi) is 47.2. The Morgan fingerprint density at radius 1 is 0.442 bits per heavy atom. The van der Waals surface area contributed by atoms with Crippen LogP contribution in [-0.4, -0.2) is 89.2 Å². The van der Waals surface area contributed by atoms with Crippen molar-refractivity contribution in [1.29, 1.82) is 0 Å². The zero-order valence-electron chi connectivity index (χ0n) is 47.7. The molecule has 6 atom stereocenters. The lowest BCUT2D eigenvalue weighted by atomic mass is 9.98. The van der Waals surface area contributed by atoms with Gasteiger partial charge in [0.05, 0.1) is 6.61 Å². The maximum Gasteiger partial charge on any atom is 0.335 e. The summed E-state index contributed by atoms with van der Waals surface area (Å²) in [5.74, 6) is -3.26. The van der Waals surface area contributed by atoms with Crippen molar-refractivity contribution < 1.29 is 58.2 Å². The number of carboxylic acid groups (broad SMARTS) is 1. The lowest BCUT2D eigenvalue weighted by Gasteiger charge is -2.40. The van der Waals surface area contributed by atoms with E-state index < -0.39 is 67.3 Å². The van der Waals surface area contributed by atoms with E-state index in [1.165, 1.54) is 25.7 Å². The van der Waals surface area contributed by atoms with Gasteiger partial charge in [-0.1, -0.05) is 194 Å². The van der Waals surface area contributed by atoms with Gasteiger partial charge in [0.1, 0.15) is 18.8 Å². The molecule has 0 saturated carbocycles. The van der Waals surface area contributed by atoms with Crippen LogP contribution in [0.25, 0.3) is 0 Å².